The van der Waals surface area contributed by atoms with Crippen LogP contribution in [0.1, 0.15) is 35.8 Å². The molecule has 1 amide bonds. The molecule has 4 rings (SSSR count). The Labute approximate surface area is 172 Å². The van der Waals surface area contributed by atoms with E-state index in [0.717, 1.165) is 29.5 Å². The van der Waals surface area contributed by atoms with E-state index < -0.39 is 0 Å². The minimum absolute atomic E-state index is 0.0590. The molecule has 3 aromatic rings. The summed E-state index contributed by atoms with van der Waals surface area (Å²) in [6.45, 7) is 4.52. The second-order valence-corrected chi connectivity index (χ2v) is 8.37. The molecular weight excluding hydrogens is 392 g/mol. The highest BCUT2D eigenvalue weighted by atomic mass is 32.2. The maximum Gasteiger partial charge on any atom is 0.230 e. The fourth-order valence-corrected chi connectivity index (χ4v) is 4.32. The van der Waals surface area contributed by atoms with Gasteiger partial charge in [-0.2, -0.15) is 5.10 Å². The average Bonchev–Trinajstić information content (AvgIpc) is 3.24. The van der Waals surface area contributed by atoms with Crippen molar-refractivity contribution in [2.75, 3.05) is 5.75 Å². The van der Waals surface area contributed by atoms with Crippen LogP contribution in [0, 0.1) is 18.6 Å². The van der Waals surface area contributed by atoms with Gasteiger partial charge >= 0.3 is 0 Å². The maximum atomic E-state index is 12.3. The van der Waals surface area contributed by atoms with Gasteiger partial charge in [0.15, 0.2) is 15.8 Å². The summed E-state index contributed by atoms with van der Waals surface area (Å²) in [5.74, 6) is 1.01. The number of carbonyl (C=O) groups excluding carboxylic acids is 1. The molecule has 0 aliphatic heterocycles. The fraction of sp³-hybridized carbons (Fsp3) is 0.368. The lowest BCUT2D eigenvalue weighted by atomic mass is 10.1. The third-order valence-corrected chi connectivity index (χ3v) is 5.81. The zero-order valence-electron chi connectivity index (χ0n) is 15.8. The highest BCUT2D eigenvalue weighted by Crippen LogP contribution is 2.35. The number of nitrogens with one attached hydrogen (secondary N) is 2. The van der Waals surface area contributed by atoms with Crippen molar-refractivity contribution in [3.8, 4) is 5.69 Å². The number of aromatic nitrogens is 5. The van der Waals surface area contributed by atoms with Crippen LogP contribution in [0.4, 0.5) is 0 Å². The molecule has 2 aromatic heterocycles. The number of hydrogen-bond donors (Lipinski definition) is 2. The van der Waals surface area contributed by atoms with Gasteiger partial charge in [-0.05, 0) is 62.2 Å². The van der Waals surface area contributed by atoms with Gasteiger partial charge in [0, 0.05) is 24.1 Å². The van der Waals surface area contributed by atoms with Crippen molar-refractivity contribution in [2.24, 2.45) is 0 Å². The van der Waals surface area contributed by atoms with Crippen LogP contribution in [0.2, 0.25) is 0 Å². The van der Waals surface area contributed by atoms with Gasteiger partial charge in [0.2, 0.25) is 5.91 Å². The Morgan fingerprint density at radius 3 is 2.79 bits per heavy atom. The van der Waals surface area contributed by atoms with Gasteiger partial charge in [0.25, 0.3) is 0 Å². The van der Waals surface area contributed by atoms with Crippen molar-refractivity contribution in [1.82, 2.24) is 29.6 Å². The van der Waals surface area contributed by atoms with E-state index in [9.17, 15) is 4.79 Å². The SMILES string of the molecule is Cc1cc(C)cc(-n2ccnc2SCC(=O)NCc2n[nH]c(=S)n2C2CC2)c1. The fourth-order valence-electron chi connectivity index (χ4n) is 3.21. The number of amides is 1. The first-order chi connectivity index (χ1) is 13.5. The van der Waals surface area contributed by atoms with Gasteiger partial charge in [0.1, 0.15) is 0 Å². The number of thioether (sulfide) groups is 1. The molecule has 2 N–H and O–H groups in total. The summed E-state index contributed by atoms with van der Waals surface area (Å²) >= 11 is 6.69. The first-order valence-corrected chi connectivity index (χ1v) is 10.6. The largest absolute Gasteiger partial charge is 0.348 e. The van der Waals surface area contributed by atoms with Crippen molar-refractivity contribution in [1.29, 1.82) is 0 Å². The number of rotatable bonds is 7. The van der Waals surface area contributed by atoms with Crippen LogP contribution in [0.15, 0.2) is 35.7 Å². The first kappa shape index (κ1) is 18.9. The Hall–Kier alpha value is -2.39. The van der Waals surface area contributed by atoms with Gasteiger partial charge in [-0.3, -0.25) is 19.0 Å². The molecule has 1 aliphatic rings. The highest BCUT2D eigenvalue weighted by molar-refractivity contribution is 7.99. The number of aryl methyl sites for hydroxylation is 2. The van der Waals surface area contributed by atoms with E-state index in [-0.39, 0.29) is 11.7 Å². The normalized spacial score (nSPS) is 13.6. The molecule has 1 saturated carbocycles. The minimum Gasteiger partial charge on any atom is -0.348 e. The maximum absolute atomic E-state index is 12.3. The second-order valence-electron chi connectivity index (χ2n) is 7.04. The smallest absolute Gasteiger partial charge is 0.230 e. The summed E-state index contributed by atoms with van der Waals surface area (Å²) in [5, 5.41) is 10.8. The summed E-state index contributed by atoms with van der Waals surface area (Å²) in [7, 11) is 0. The van der Waals surface area contributed by atoms with Crippen molar-refractivity contribution in [2.45, 2.75) is 44.4 Å². The molecule has 0 saturated heterocycles. The number of nitrogens with zero attached hydrogens (tertiary/aromatic N) is 4. The zero-order valence-corrected chi connectivity index (χ0v) is 17.4. The van der Waals surface area contributed by atoms with Gasteiger partial charge < -0.3 is 5.32 Å². The lowest BCUT2D eigenvalue weighted by Crippen LogP contribution is -2.26. The number of imidazole rings is 1. The van der Waals surface area contributed by atoms with E-state index in [1.807, 2.05) is 15.3 Å². The summed E-state index contributed by atoms with van der Waals surface area (Å²) in [4.78, 5) is 16.7. The molecule has 7 nitrogen and oxygen atoms in total. The molecule has 0 bridgehead atoms. The Balaban J connectivity index is 1.37. The van der Waals surface area contributed by atoms with Crippen molar-refractivity contribution < 1.29 is 4.79 Å². The van der Waals surface area contributed by atoms with Crippen LogP contribution in [0.3, 0.4) is 0 Å². The molecule has 1 aliphatic carbocycles. The van der Waals surface area contributed by atoms with Gasteiger partial charge in [-0.15, -0.1) is 0 Å². The van der Waals surface area contributed by atoms with Gasteiger partial charge in [-0.25, -0.2) is 4.98 Å². The molecule has 146 valence electrons. The van der Waals surface area contributed by atoms with E-state index in [1.54, 1.807) is 6.20 Å². The standard InChI is InChI=1S/C19H22N6OS2/c1-12-7-13(2)9-15(8-12)24-6-5-20-19(24)28-11-17(26)21-10-16-22-23-18(27)25(16)14-3-4-14/h5-9,14H,3-4,10-11H2,1-2H3,(H,21,26)(H,23,27). The Morgan fingerprint density at radius 2 is 2.07 bits per heavy atom. The first-order valence-electron chi connectivity index (χ1n) is 9.18. The van der Waals surface area contributed by atoms with E-state index >= 15 is 0 Å². The van der Waals surface area contributed by atoms with E-state index in [0.29, 0.717) is 17.4 Å². The van der Waals surface area contributed by atoms with Crippen LogP contribution in [0.25, 0.3) is 5.69 Å². The number of hydrogen-bond acceptors (Lipinski definition) is 5. The number of benzene rings is 1. The molecule has 2 heterocycles. The molecule has 1 aromatic carbocycles. The van der Waals surface area contributed by atoms with Crippen LogP contribution < -0.4 is 5.32 Å². The summed E-state index contributed by atoms with van der Waals surface area (Å²) in [6, 6.07) is 6.79. The molecule has 28 heavy (non-hydrogen) atoms. The van der Waals surface area contributed by atoms with Crippen LogP contribution in [-0.2, 0) is 11.3 Å². The molecule has 0 atom stereocenters. The minimum atomic E-state index is -0.0590. The summed E-state index contributed by atoms with van der Waals surface area (Å²) in [6.07, 6.45) is 5.91. The van der Waals surface area contributed by atoms with Crippen molar-refractivity contribution in [3.05, 3.63) is 52.3 Å². The molecule has 0 radical (unpaired) electrons. The van der Waals surface area contributed by atoms with Crippen LogP contribution >= 0.6 is 24.0 Å². The van der Waals surface area contributed by atoms with E-state index in [2.05, 4.69) is 52.5 Å². The van der Waals surface area contributed by atoms with Crippen LogP contribution in [0.5, 0.6) is 0 Å². The van der Waals surface area contributed by atoms with Crippen molar-refractivity contribution in [3.63, 3.8) is 0 Å². The second kappa shape index (κ2) is 7.92. The monoisotopic (exact) mass is 414 g/mol. The van der Waals surface area contributed by atoms with E-state index in [1.165, 1.54) is 22.9 Å². The topological polar surface area (TPSA) is 80.5 Å². The van der Waals surface area contributed by atoms with Crippen LogP contribution in [-0.4, -0.2) is 36.0 Å². The third-order valence-electron chi connectivity index (χ3n) is 4.56. The summed E-state index contributed by atoms with van der Waals surface area (Å²) in [5.41, 5.74) is 3.45. The Kier molecular flexibility index (Phi) is 5.36. The predicted molar refractivity (Wildman–Crippen MR) is 111 cm³/mol. The molecular formula is C19H22N6OS2. The summed E-state index contributed by atoms with van der Waals surface area (Å²) < 4.78 is 4.64. The molecule has 1 fully saturated rings. The number of carbonyl (C=O) groups is 1. The predicted octanol–water partition coefficient (Wildman–Crippen LogP) is 3.49. The van der Waals surface area contributed by atoms with E-state index in [4.69, 9.17) is 12.2 Å². The highest BCUT2D eigenvalue weighted by Gasteiger charge is 2.27. The van der Waals surface area contributed by atoms with Gasteiger partial charge in [0.05, 0.1) is 12.3 Å². The molecule has 0 spiro atoms. The Bertz CT molecular complexity index is 1040. The third kappa shape index (κ3) is 4.20. The Morgan fingerprint density at radius 1 is 1.32 bits per heavy atom. The molecule has 9 heteroatoms. The number of aromatic amines is 1. The average molecular weight is 415 g/mol. The van der Waals surface area contributed by atoms with Gasteiger partial charge in [-0.1, -0.05) is 17.8 Å². The lowest BCUT2D eigenvalue weighted by molar-refractivity contribution is -0.118. The number of H-pyrrole nitrogens is 1. The van der Waals surface area contributed by atoms with Crippen molar-refractivity contribution >= 4 is 29.9 Å². The molecule has 0 unspecified atom stereocenters. The lowest BCUT2D eigenvalue weighted by Gasteiger charge is -2.10. The zero-order chi connectivity index (χ0) is 19.7. The quantitative estimate of drug-likeness (QED) is 0.457.